The predicted molar refractivity (Wildman–Crippen MR) is 82.0 cm³/mol. The third kappa shape index (κ3) is 4.23. The van der Waals surface area contributed by atoms with Crippen molar-refractivity contribution < 1.29 is 4.74 Å². The molecule has 0 unspecified atom stereocenters. The molecule has 0 fully saturated rings. The molecule has 0 saturated carbocycles. The first-order chi connectivity index (χ1) is 9.33. The molecule has 19 heavy (non-hydrogen) atoms. The van der Waals surface area contributed by atoms with Crippen molar-refractivity contribution in [1.82, 2.24) is 10.3 Å². The summed E-state index contributed by atoms with van der Waals surface area (Å²) in [6, 6.07) is 8.08. The second kappa shape index (κ2) is 7.53. The van der Waals surface area contributed by atoms with Crippen LogP contribution in [0.3, 0.4) is 0 Å². The monoisotopic (exact) mass is 294 g/mol. The first-order valence-corrected chi connectivity index (χ1v) is 8.33. The molecule has 5 heteroatoms. The Bertz CT molecular complexity index is 514. The van der Waals surface area contributed by atoms with Crippen LogP contribution < -0.4 is 10.1 Å². The smallest absolute Gasteiger partial charge is 0.133 e. The molecule has 0 saturated heterocycles. The topological polar surface area (TPSA) is 34.2 Å². The lowest BCUT2D eigenvalue weighted by molar-refractivity contribution is 0.294. The number of rotatable bonds is 7. The van der Waals surface area contributed by atoms with Crippen molar-refractivity contribution in [3.8, 4) is 5.75 Å². The number of benzene rings is 1. The Kier molecular flexibility index (Phi) is 5.69. The molecule has 1 aromatic carbocycles. The van der Waals surface area contributed by atoms with Gasteiger partial charge in [-0.25, -0.2) is 4.98 Å². The average Bonchev–Trinajstić information content (AvgIpc) is 2.91. The molecule has 1 heterocycles. The number of thioether (sulfide) groups is 1. The molecule has 0 aliphatic rings. The van der Waals surface area contributed by atoms with E-state index in [1.807, 2.05) is 18.2 Å². The lowest BCUT2D eigenvalue weighted by Crippen LogP contribution is -2.11. The van der Waals surface area contributed by atoms with Crippen molar-refractivity contribution in [1.29, 1.82) is 0 Å². The van der Waals surface area contributed by atoms with Crippen LogP contribution in [-0.4, -0.2) is 17.8 Å². The lowest BCUT2D eigenvalue weighted by Gasteiger charge is -2.08. The van der Waals surface area contributed by atoms with E-state index < -0.39 is 0 Å². The summed E-state index contributed by atoms with van der Waals surface area (Å²) in [7, 11) is 0. The van der Waals surface area contributed by atoms with Gasteiger partial charge in [-0.1, -0.05) is 19.1 Å². The minimum absolute atomic E-state index is 0.528. The second-order valence-electron chi connectivity index (χ2n) is 3.95. The molecule has 0 aliphatic heterocycles. The van der Waals surface area contributed by atoms with Gasteiger partial charge in [-0.3, -0.25) is 0 Å². The van der Waals surface area contributed by atoms with Crippen LogP contribution in [0, 0.1) is 0 Å². The first kappa shape index (κ1) is 14.4. The van der Waals surface area contributed by atoms with Gasteiger partial charge in [0, 0.05) is 16.8 Å². The van der Waals surface area contributed by atoms with Crippen LogP contribution in [0.4, 0.5) is 0 Å². The van der Waals surface area contributed by atoms with Gasteiger partial charge in [0.2, 0.25) is 0 Å². The number of nitrogens with zero attached hydrogens (tertiary/aromatic N) is 1. The Balaban J connectivity index is 1.93. The van der Waals surface area contributed by atoms with Crippen molar-refractivity contribution in [2.24, 2.45) is 0 Å². The molecule has 0 atom stereocenters. The van der Waals surface area contributed by atoms with E-state index in [1.165, 1.54) is 0 Å². The molecule has 102 valence electrons. The van der Waals surface area contributed by atoms with Gasteiger partial charge in [-0.2, -0.15) is 0 Å². The number of aromatic nitrogens is 1. The van der Waals surface area contributed by atoms with Gasteiger partial charge in [-0.05, 0) is 24.9 Å². The Morgan fingerprint density at radius 3 is 3.00 bits per heavy atom. The van der Waals surface area contributed by atoms with Gasteiger partial charge in [0.1, 0.15) is 17.4 Å². The number of hydrogen-bond donors (Lipinski definition) is 1. The Morgan fingerprint density at radius 2 is 2.21 bits per heavy atom. The van der Waals surface area contributed by atoms with Crippen molar-refractivity contribution in [3.05, 3.63) is 40.3 Å². The van der Waals surface area contributed by atoms with E-state index in [-0.39, 0.29) is 0 Å². The van der Waals surface area contributed by atoms with Crippen LogP contribution in [0.2, 0.25) is 0 Å². The molecule has 1 aromatic heterocycles. The van der Waals surface area contributed by atoms with Crippen LogP contribution in [0.5, 0.6) is 5.75 Å². The van der Waals surface area contributed by atoms with E-state index in [9.17, 15) is 0 Å². The molecular formula is C14H18N2OS2. The maximum absolute atomic E-state index is 5.83. The van der Waals surface area contributed by atoms with Gasteiger partial charge in [-0.15, -0.1) is 23.1 Å². The number of ether oxygens (including phenoxy) is 1. The molecule has 0 bridgehead atoms. The highest BCUT2D eigenvalue weighted by Crippen LogP contribution is 2.27. The fourth-order valence-electron chi connectivity index (χ4n) is 1.62. The number of thiazole rings is 1. The van der Waals surface area contributed by atoms with Crippen LogP contribution in [0.1, 0.15) is 17.6 Å². The minimum Gasteiger partial charge on any atom is -0.486 e. The van der Waals surface area contributed by atoms with Gasteiger partial charge >= 0.3 is 0 Å². The Morgan fingerprint density at radius 1 is 1.37 bits per heavy atom. The molecule has 2 rings (SSSR count). The zero-order valence-electron chi connectivity index (χ0n) is 11.2. The van der Waals surface area contributed by atoms with Crippen LogP contribution in [0.25, 0.3) is 0 Å². The maximum atomic E-state index is 5.83. The standard InChI is InChI=1S/C14H18N2OS2/c1-3-15-8-14-16-11(10-19-14)9-17-12-6-4-5-7-13(12)18-2/h4-7,10,15H,3,8-9H2,1-2H3. The van der Waals surface area contributed by atoms with Gasteiger partial charge < -0.3 is 10.1 Å². The summed E-state index contributed by atoms with van der Waals surface area (Å²) in [5, 5.41) is 6.45. The summed E-state index contributed by atoms with van der Waals surface area (Å²) >= 11 is 3.37. The van der Waals surface area contributed by atoms with Crippen molar-refractivity contribution in [2.75, 3.05) is 12.8 Å². The van der Waals surface area contributed by atoms with Crippen molar-refractivity contribution in [3.63, 3.8) is 0 Å². The highest BCUT2D eigenvalue weighted by atomic mass is 32.2. The fraction of sp³-hybridized carbons (Fsp3) is 0.357. The quantitative estimate of drug-likeness (QED) is 0.792. The third-order valence-electron chi connectivity index (χ3n) is 2.57. The van der Waals surface area contributed by atoms with E-state index in [4.69, 9.17) is 4.74 Å². The summed E-state index contributed by atoms with van der Waals surface area (Å²) in [5.74, 6) is 0.927. The van der Waals surface area contributed by atoms with E-state index in [2.05, 4.69) is 34.9 Å². The molecule has 0 amide bonds. The molecule has 0 aliphatic carbocycles. The zero-order valence-corrected chi connectivity index (χ0v) is 12.8. The summed E-state index contributed by atoms with van der Waals surface area (Å²) in [6.45, 7) is 4.42. The molecule has 1 N–H and O–H groups in total. The SMILES string of the molecule is CCNCc1nc(COc2ccccc2SC)cs1. The second-order valence-corrected chi connectivity index (χ2v) is 5.74. The van der Waals surface area contributed by atoms with E-state index in [1.54, 1.807) is 23.1 Å². The average molecular weight is 294 g/mol. The van der Waals surface area contributed by atoms with Crippen LogP contribution >= 0.6 is 23.1 Å². The van der Waals surface area contributed by atoms with Crippen molar-refractivity contribution >= 4 is 23.1 Å². The van der Waals surface area contributed by atoms with Crippen LogP contribution in [0.15, 0.2) is 34.5 Å². The van der Waals surface area contributed by atoms with Gasteiger partial charge in [0.25, 0.3) is 0 Å². The molecule has 0 spiro atoms. The van der Waals surface area contributed by atoms with Gasteiger partial charge in [0.05, 0.1) is 5.69 Å². The normalized spacial score (nSPS) is 10.6. The maximum Gasteiger partial charge on any atom is 0.133 e. The highest BCUT2D eigenvalue weighted by Gasteiger charge is 2.05. The molecule has 0 radical (unpaired) electrons. The summed E-state index contributed by atoms with van der Waals surface area (Å²) in [6.07, 6.45) is 2.06. The number of nitrogens with one attached hydrogen (secondary N) is 1. The predicted octanol–water partition coefficient (Wildman–Crippen LogP) is 3.55. The number of hydrogen-bond acceptors (Lipinski definition) is 5. The van der Waals surface area contributed by atoms with E-state index in [0.717, 1.165) is 34.4 Å². The Hall–Kier alpha value is -1.04. The third-order valence-corrected chi connectivity index (χ3v) is 4.24. The van der Waals surface area contributed by atoms with Crippen molar-refractivity contribution in [2.45, 2.75) is 25.0 Å². The number of para-hydroxylation sites is 1. The van der Waals surface area contributed by atoms with E-state index in [0.29, 0.717) is 6.61 Å². The summed E-state index contributed by atoms with van der Waals surface area (Å²) in [5.41, 5.74) is 0.994. The highest BCUT2D eigenvalue weighted by molar-refractivity contribution is 7.98. The first-order valence-electron chi connectivity index (χ1n) is 6.23. The van der Waals surface area contributed by atoms with Gasteiger partial charge in [0.15, 0.2) is 0 Å². The minimum atomic E-state index is 0.528. The zero-order chi connectivity index (χ0) is 13.5. The lowest BCUT2D eigenvalue weighted by atomic mass is 10.3. The summed E-state index contributed by atoms with van der Waals surface area (Å²) < 4.78 is 5.83. The largest absolute Gasteiger partial charge is 0.486 e. The van der Waals surface area contributed by atoms with Crippen LogP contribution in [-0.2, 0) is 13.2 Å². The molecule has 3 nitrogen and oxygen atoms in total. The fourth-order valence-corrected chi connectivity index (χ4v) is 2.91. The summed E-state index contributed by atoms with van der Waals surface area (Å²) in [4.78, 5) is 5.70. The molecular weight excluding hydrogens is 276 g/mol. The molecule has 2 aromatic rings. The Labute approximate surface area is 122 Å². The van der Waals surface area contributed by atoms with E-state index >= 15 is 0 Å².